The number of aliphatic imine (C=N–C) groups is 1. The third-order valence-corrected chi connectivity index (χ3v) is 6.37. The second-order valence-corrected chi connectivity index (χ2v) is 8.99. The lowest BCUT2D eigenvalue weighted by Crippen LogP contribution is -2.29. The summed E-state index contributed by atoms with van der Waals surface area (Å²) in [6, 6.07) is 4.08. The van der Waals surface area contributed by atoms with Gasteiger partial charge in [0.1, 0.15) is 11.6 Å². The Balaban J connectivity index is 1.98. The van der Waals surface area contributed by atoms with E-state index in [4.69, 9.17) is 10.5 Å². The van der Waals surface area contributed by atoms with E-state index in [9.17, 15) is 27.2 Å². The van der Waals surface area contributed by atoms with Crippen LogP contribution in [0, 0.1) is 11.6 Å². The molecule has 0 spiro atoms. The number of hydrogen-bond donors (Lipinski definition) is 2. The Kier molecular flexibility index (Phi) is 8.58. The average Bonchev–Trinajstić information content (AvgIpc) is 3.66. The van der Waals surface area contributed by atoms with E-state index < -0.39 is 40.7 Å². The lowest BCUT2D eigenvalue weighted by atomic mass is 9.92. The van der Waals surface area contributed by atoms with Gasteiger partial charge in [0.2, 0.25) is 5.91 Å². The summed E-state index contributed by atoms with van der Waals surface area (Å²) in [5.74, 6) is -3.68. The molecule has 6 nitrogen and oxygen atoms in total. The van der Waals surface area contributed by atoms with Crippen LogP contribution >= 0.6 is 0 Å². The zero-order valence-corrected chi connectivity index (χ0v) is 21.1. The Morgan fingerprint density at radius 1 is 1.16 bits per heavy atom. The van der Waals surface area contributed by atoms with Crippen molar-refractivity contribution < 1.29 is 36.3 Å². The maximum atomic E-state index is 15.4. The molecule has 0 unspecified atom stereocenters. The fourth-order valence-electron chi connectivity index (χ4n) is 3.92. The van der Waals surface area contributed by atoms with Gasteiger partial charge in [0, 0.05) is 40.8 Å². The van der Waals surface area contributed by atoms with Crippen LogP contribution in [0.5, 0.6) is 0 Å². The second-order valence-electron chi connectivity index (χ2n) is 8.99. The SMILES string of the molecule is CCOC(=O)c1cc(NC(=O)C2(c3ccc(C(F)(F)F)cc3F)CC2)cc(F)c1C(C=N[C@@H](C)CC)=CN. The number of rotatable bonds is 9. The van der Waals surface area contributed by atoms with Crippen molar-refractivity contribution in [3.8, 4) is 0 Å². The topological polar surface area (TPSA) is 93.8 Å². The minimum Gasteiger partial charge on any atom is -0.462 e. The molecule has 0 aromatic heterocycles. The number of allylic oxidation sites excluding steroid dienone is 1. The van der Waals surface area contributed by atoms with Gasteiger partial charge in [0.15, 0.2) is 0 Å². The van der Waals surface area contributed by atoms with Crippen LogP contribution in [0.2, 0.25) is 0 Å². The van der Waals surface area contributed by atoms with Crippen LogP contribution in [0.4, 0.5) is 27.6 Å². The van der Waals surface area contributed by atoms with E-state index in [2.05, 4.69) is 10.3 Å². The summed E-state index contributed by atoms with van der Waals surface area (Å²) in [6.07, 6.45) is -1.22. The summed E-state index contributed by atoms with van der Waals surface area (Å²) in [5.41, 5.74) is 2.52. The van der Waals surface area contributed by atoms with Crippen LogP contribution in [0.1, 0.15) is 67.1 Å². The molecule has 1 saturated carbocycles. The molecule has 0 aliphatic heterocycles. The normalized spacial score (nSPS) is 15.8. The number of nitrogens with zero attached hydrogens (tertiary/aromatic N) is 1. The molecule has 1 fully saturated rings. The van der Waals surface area contributed by atoms with E-state index in [1.807, 2.05) is 13.8 Å². The molecule has 3 N–H and O–H groups in total. The molecule has 1 aliphatic rings. The number of amides is 1. The Bertz CT molecular complexity index is 1280. The summed E-state index contributed by atoms with van der Waals surface area (Å²) in [6.45, 7) is 5.33. The van der Waals surface area contributed by atoms with Crippen LogP contribution in [0.25, 0.3) is 5.57 Å². The molecule has 2 aromatic rings. The van der Waals surface area contributed by atoms with Crippen molar-refractivity contribution in [2.24, 2.45) is 10.7 Å². The molecule has 204 valence electrons. The summed E-state index contributed by atoms with van der Waals surface area (Å²) >= 11 is 0. The maximum Gasteiger partial charge on any atom is 0.416 e. The Morgan fingerprint density at radius 2 is 1.84 bits per heavy atom. The molecule has 0 radical (unpaired) electrons. The van der Waals surface area contributed by atoms with Crippen molar-refractivity contribution >= 4 is 29.4 Å². The first-order valence-electron chi connectivity index (χ1n) is 12.0. The van der Waals surface area contributed by atoms with Gasteiger partial charge in [0.05, 0.1) is 23.1 Å². The number of nitrogens with one attached hydrogen (secondary N) is 1. The number of carbonyl (C=O) groups is 2. The first kappa shape index (κ1) is 28.8. The standard InChI is InChI=1S/C27H28F5N3O3/c1-4-15(3)34-14-16(13-33)23-19(24(36)38-5-2)11-18(12-22(23)29)35-25(37)26(8-9-26)20-7-6-17(10-21(20)28)27(30,31)32/h6-7,10-15H,4-5,8-9,33H2,1-3H3,(H,35,37)/t15-/m0/s1. The summed E-state index contributed by atoms with van der Waals surface area (Å²) < 4.78 is 73.9. The van der Waals surface area contributed by atoms with Gasteiger partial charge in [-0.3, -0.25) is 9.79 Å². The number of carbonyl (C=O) groups excluding carboxylic acids is 2. The fourth-order valence-corrected chi connectivity index (χ4v) is 3.92. The van der Waals surface area contributed by atoms with E-state index in [0.717, 1.165) is 18.3 Å². The third kappa shape index (κ3) is 6.03. The molecule has 0 bridgehead atoms. The molecule has 0 saturated heterocycles. The molecule has 2 aromatic carbocycles. The Hall–Kier alpha value is -3.76. The van der Waals surface area contributed by atoms with Crippen LogP contribution in [-0.2, 0) is 21.1 Å². The first-order valence-corrected chi connectivity index (χ1v) is 12.0. The number of hydrogen-bond acceptors (Lipinski definition) is 5. The quantitative estimate of drug-likeness (QED) is 0.233. The minimum atomic E-state index is -4.74. The largest absolute Gasteiger partial charge is 0.462 e. The van der Waals surface area contributed by atoms with Crippen molar-refractivity contribution in [3.05, 3.63) is 70.4 Å². The zero-order valence-electron chi connectivity index (χ0n) is 21.1. The predicted octanol–water partition coefficient (Wildman–Crippen LogP) is 6.00. The zero-order chi connectivity index (χ0) is 28.3. The highest BCUT2D eigenvalue weighted by molar-refractivity contribution is 6.14. The molecule has 1 atom stereocenters. The van der Waals surface area contributed by atoms with E-state index in [1.54, 1.807) is 6.92 Å². The Morgan fingerprint density at radius 3 is 2.37 bits per heavy atom. The number of alkyl halides is 3. The van der Waals surface area contributed by atoms with Crippen LogP contribution in [-0.4, -0.2) is 30.7 Å². The molecule has 38 heavy (non-hydrogen) atoms. The minimum absolute atomic E-state index is 0.00454. The summed E-state index contributed by atoms with van der Waals surface area (Å²) in [5, 5.41) is 2.48. The van der Waals surface area contributed by atoms with E-state index in [0.29, 0.717) is 18.6 Å². The molecule has 1 amide bonds. The van der Waals surface area contributed by atoms with Gasteiger partial charge in [-0.15, -0.1) is 0 Å². The van der Waals surface area contributed by atoms with Gasteiger partial charge < -0.3 is 15.8 Å². The third-order valence-electron chi connectivity index (χ3n) is 6.37. The van der Waals surface area contributed by atoms with Crippen molar-refractivity contribution in [1.29, 1.82) is 0 Å². The average molecular weight is 538 g/mol. The lowest BCUT2D eigenvalue weighted by Gasteiger charge is -2.19. The fraction of sp³-hybridized carbons (Fsp3) is 0.370. The van der Waals surface area contributed by atoms with Gasteiger partial charge in [0.25, 0.3) is 0 Å². The first-order chi connectivity index (χ1) is 17.9. The van der Waals surface area contributed by atoms with Gasteiger partial charge in [-0.25, -0.2) is 13.6 Å². The number of benzene rings is 2. The van der Waals surface area contributed by atoms with Crippen LogP contribution < -0.4 is 11.1 Å². The highest BCUT2D eigenvalue weighted by Crippen LogP contribution is 2.50. The summed E-state index contributed by atoms with van der Waals surface area (Å²) in [7, 11) is 0. The number of nitrogens with two attached hydrogens (primary N) is 1. The Labute approximate surface area is 216 Å². The molecule has 0 heterocycles. The molecular weight excluding hydrogens is 509 g/mol. The van der Waals surface area contributed by atoms with Crippen LogP contribution in [0.3, 0.4) is 0 Å². The maximum absolute atomic E-state index is 15.4. The van der Waals surface area contributed by atoms with E-state index >= 15 is 4.39 Å². The lowest BCUT2D eigenvalue weighted by molar-refractivity contribution is -0.137. The predicted molar refractivity (Wildman–Crippen MR) is 134 cm³/mol. The van der Waals surface area contributed by atoms with Crippen molar-refractivity contribution in [1.82, 2.24) is 0 Å². The highest BCUT2D eigenvalue weighted by atomic mass is 19.4. The molecule has 11 heteroatoms. The van der Waals surface area contributed by atoms with Crippen molar-refractivity contribution in [2.45, 2.75) is 57.7 Å². The second kappa shape index (κ2) is 11.3. The summed E-state index contributed by atoms with van der Waals surface area (Å²) in [4.78, 5) is 30.1. The number of anilines is 1. The smallest absolute Gasteiger partial charge is 0.416 e. The molecule has 3 rings (SSSR count). The van der Waals surface area contributed by atoms with Crippen LogP contribution in [0.15, 0.2) is 41.5 Å². The number of esters is 1. The van der Waals surface area contributed by atoms with Gasteiger partial charge in [-0.2, -0.15) is 13.2 Å². The monoisotopic (exact) mass is 537 g/mol. The highest BCUT2D eigenvalue weighted by Gasteiger charge is 2.53. The number of halogens is 5. The van der Waals surface area contributed by atoms with Gasteiger partial charge in [-0.1, -0.05) is 13.0 Å². The van der Waals surface area contributed by atoms with E-state index in [-0.39, 0.29) is 53.4 Å². The van der Waals surface area contributed by atoms with Gasteiger partial charge >= 0.3 is 12.1 Å². The van der Waals surface area contributed by atoms with Crippen molar-refractivity contribution in [3.63, 3.8) is 0 Å². The van der Waals surface area contributed by atoms with E-state index in [1.165, 1.54) is 12.3 Å². The van der Waals surface area contributed by atoms with Gasteiger partial charge in [-0.05, 0) is 57.4 Å². The molecular formula is C27H28F5N3O3. The molecule has 1 aliphatic carbocycles. The van der Waals surface area contributed by atoms with Crippen molar-refractivity contribution in [2.75, 3.05) is 11.9 Å². The number of ether oxygens (including phenoxy) is 1.